The smallest absolute Gasteiger partial charge is 0.328 e. The molecule has 0 heterocycles. The van der Waals surface area contributed by atoms with Crippen LogP contribution in [0.5, 0.6) is 0 Å². The van der Waals surface area contributed by atoms with Crippen molar-refractivity contribution >= 4 is 17.7 Å². The maximum absolute atomic E-state index is 13.1. The molecule has 3 unspecified atom stereocenters. The van der Waals surface area contributed by atoms with Crippen molar-refractivity contribution in [1.29, 1.82) is 0 Å². The van der Waals surface area contributed by atoms with E-state index in [1.165, 1.54) is 0 Å². The van der Waals surface area contributed by atoms with Crippen LogP contribution in [0.15, 0.2) is 12.2 Å². The largest absolute Gasteiger partial charge is 0.459 e. The molecule has 0 amide bonds. The molecule has 0 aromatic heterocycles. The van der Waals surface area contributed by atoms with Gasteiger partial charge in [-0.1, -0.05) is 12.2 Å². The van der Waals surface area contributed by atoms with Gasteiger partial charge in [0.25, 0.3) is 0 Å². The average Bonchev–Trinajstić information content (AvgIpc) is 2.44. The molecule has 0 spiro atoms. The zero-order chi connectivity index (χ0) is 19.0. The minimum absolute atomic E-state index is 0.102. The normalized spacial score (nSPS) is 25.8. The number of ether oxygens (including phenoxy) is 2. The molecule has 3 atom stereocenters. The summed E-state index contributed by atoms with van der Waals surface area (Å²) in [6, 6.07) is 0. The maximum Gasteiger partial charge on any atom is 0.328 e. The van der Waals surface area contributed by atoms with E-state index < -0.39 is 29.1 Å². The lowest BCUT2D eigenvalue weighted by Gasteiger charge is -2.38. The molecule has 1 fully saturated rings. The SMILES string of the molecule is CC(C)(C)OC(=O)C(C(=O)OC(C)(C)C)C(=O)C1CC2C=CC1CC2. The van der Waals surface area contributed by atoms with Crippen LogP contribution in [0.25, 0.3) is 0 Å². The lowest BCUT2D eigenvalue weighted by atomic mass is 9.66. The zero-order valence-electron chi connectivity index (χ0n) is 16.1. The van der Waals surface area contributed by atoms with Gasteiger partial charge in [0.05, 0.1) is 0 Å². The van der Waals surface area contributed by atoms with Crippen molar-refractivity contribution in [3.05, 3.63) is 12.2 Å². The van der Waals surface area contributed by atoms with E-state index in [1.54, 1.807) is 41.5 Å². The van der Waals surface area contributed by atoms with Gasteiger partial charge < -0.3 is 9.47 Å². The van der Waals surface area contributed by atoms with Gasteiger partial charge in [-0.25, -0.2) is 0 Å². The summed E-state index contributed by atoms with van der Waals surface area (Å²) in [6.45, 7) is 10.3. The summed E-state index contributed by atoms with van der Waals surface area (Å²) in [5, 5.41) is 0. The topological polar surface area (TPSA) is 69.7 Å². The van der Waals surface area contributed by atoms with Crippen molar-refractivity contribution in [2.45, 2.75) is 72.0 Å². The zero-order valence-corrected chi connectivity index (χ0v) is 16.1. The minimum atomic E-state index is -1.50. The Hall–Kier alpha value is -1.65. The Morgan fingerprint density at radius 2 is 1.40 bits per heavy atom. The Morgan fingerprint density at radius 1 is 0.880 bits per heavy atom. The fourth-order valence-corrected chi connectivity index (χ4v) is 3.52. The van der Waals surface area contributed by atoms with E-state index in [2.05, 4.69) is 12.2 Å². The van der Waals surface area contributed by atoms with Crippen molar-refractivity contribution in [3.63, 3.8) is 0 Å². The highest BCUT2D eigenvalue weighted by atomic mass is 16.6. The Bertz CT molecular complexity index is 548. The molecule has 5 nitrogen and oxygen atoms in total. The van der Waals surface area contributed by atoms with E-state index in [-0.39, 0.29) is 17.6 Å². The summed E-state index contributed by atoms with van der Waals surface area (Å²) in [4.78, 5) is 38.3. The lowest BCUT2D eigenvalue weighted by molar-refractivity contribution is -0.176. The molecule has 0 aromatic rings. The first-order chi connectivity index (χ1) is 11.4. The molecule has 2 bridgehead atoms. The Balaban J connectivity index is 2.24. The highest BCUT2D eigenvalue weighted by molar-refractivity contribution is 6.16. The number of Topliss-reactive ketones (excluding diaryl/α,β-unsaturated/α-hetero) is 1. The van der Waals surface area contributed by atoms with E-state index in [9.17, 15) is 14.4 Å². The molecular formula is C20H30O5. The molecule has 1 saturated carbocycles. The van der Waals surface area contributed by atoms with Crippen LogP contribution >= 0.6 is 0 Å². The van der Waals surface area contributed by atoms with E-state index >= 15 is 0 Å². The summed E-state index contributed by atoms with van der Waals surface area (Å²) in [5.41, 5.74) is -1.55. The van der Waals surface area contributed by atoms with E-state index in [0.717, 1.165) is 12.8 Å². The van der Waals surface area contributed by atoms with Gasteiger partial charge in [-0.2, -0.15) is 0 Å². The van der Waals surface area contributed by atoms with Crippen molar-refractivity contribution in [2.24, 2.45) is 23.7 Å². The third-order valence-electron chi connectivity index (χ3n) is 4.51. The third-order valence-corrected chi connectivity index (χ3v) is 4.51. The number of fused-ring (bicyclic) bond motifs is 2. The van der Waals surface area contributed by atoms with Gasteiger partial charge in [-0.3, -0.25) is 14.4 Å². The number of carbonyl (C=O) groups is 3. The number of rotatable bonds is 4. The molecule has 3 aliphatic rings. The fraction of sp³-hybridized carbons (Fsp3) is 0.750. The Morgan fingerprint density at radius 3 is 1.72 bits per heavy atom. The third kappa shape index (κ3) is 5.16. The number of carbonyl (C=O) groups excluding carboxylic acids is 3. The lowest BCUT2D eigenvalue weighted by Crippen LogP contribution is -2.46. The van der Waals surface area contributed by atoms with Crippen LogP contribution in [0.1, 0.15) is 60.8 Å². The van der Waals surface area contributed by atoms with Crippen LogP contribution in [0.2, 0.25) is 0 Å². The van der Waals surface area contributed by atoms with Crippen LogP contribution in [-0.2, 0) is 23.9 Å². The number of hydrogen-bond acceptors (Lipinski definition) is 5. The van der Waals surface area contributed by atoms with Crippen LogP contribution < -0.4 is 0 Å². The highest BCUT2D eigenvalue weighted by Crippen LogP contribution is 2.42. The van der Waals surface area contributed by atoms with E-state index in [4.69, 9.17) is 9.47 Å². The first-order valence-electron chi connectivity index (χ1n) is 9.05. The van der Waals surface area contributed by atoms with Gasteiger partial charge in [0.1, 0.15) is 11.2 Å². The number of hydrogen-bond donors (Lipinski definition) is 0. The first kappa shape index (κ1) is 19.7. The minimum Gasteiger partial charge on any atom is -0.459 e. The van der Waals surface area contributed by atoms with Gasteiger partial charge in [0.15, 0.2) is 5.78 Å². The van der Waals surface area contributed by atoms with Crippen molar-refractivity contribution < 1.29 is 23.9 Å². The van der Waals surface area contributed by atoms with E-state index in [0.29, 0.717) is 12.3 Å². The number of ketones is 1. The van der Waals surface area contributed by atoms with Gasteiger partial charge in [0, 0.05) is 5.92 Å². The Kier molecular flexibility index (Phi) is 5.45. The summed E-state index contributed by atoms with van der Waals surface area (Å²) < 4.78 is 10.7. The highest BCUT2D eigenvalue weighted by Gasteiger charge is 2.47. The predicted molar refractivity (Wildman–Crippen MR) is 93.6 cm³/mol. The second-order valence-corrected chi connectivity index (χ2v) is 9.13. The predicted octanol–water partition coefficient (Wildman–Crippen LogP) is 3.46. The second-order valence-electron chi connectivity index (χ2n) is 9.13. The molecule has 0 radical (unpaired) electrons. The number of allylic oxidation sites excluding steroid dienone is 2. The standard InChI is InChI=1S/C20H30O5/c1-19(2,3)24-17(22)15(18(23)25-20(4,5)6)16(21)14-11-12-7-9-13(14)10-8-12/h7,9,12-15H,8,10-11H2,1-6H3. The van der Waals surface area contributed by atoms with Crippen LogP contribution in [-0.4, -0.2) is 28.9 Å². The summed E-state index contributed by atoms with van der Waals surface area (Å²) in [7, 11) is 0. The fourth-order valence-electron chi connectivity index (χ4n) is 3.52. The van der Waals surface area contributed by atoms with Crippen LogP contribution in [0.3, 0.4) is 0 Å². The van der Waals surface area contributed by atoms with Gasteiger partial charge >= 0.3 is 11.9 Å². The molecule has 25 heavy (non-hydrogen) atoms. The molecule has 0 saturated heterocycles. The average molecular weight is 350 g/mol. The van der Waals surface area contributed by atoms with E-state index in [1.807, 2.05) is 0 Å². The molecule has 3 aliphatic carbocycles. The van der Waals surface area contributed by atoms with Crippen molar-refractivity contribution in [1.82, 2.24) is 0 Å². The molecule has 0 N–H and O–H groups in total. The van der Waals surface area contributed by atoms with Gasteiger partial charge in [-0.15, -0.1) is 0 Å². The van der Waals surface area contributed by atoms with Crippen molar-refractivity contribution in [2.75, 3.05) is 0 Å². The second kappa shape index (κ2) is 6.93. The van der Waals surface area contributed by atoms with Crippen molar-refractivity contribution in [3.8, 4) is 0 Å². The van der Waals surface area contributed by atoms with Crippen LogP contribution in [0, 0.1) is 23.7 Å². The molecule has 140 valence electrons. The van der Waals surface area contributed by atoms with Crippen LogP contribution in [0.4, 0.5) is 0 Å². The number of esters is 2. The molecule has 0 aromatic carbocycles. The quantitative estimate of drug-likeness (QED) is 0.441. The first-order valence-corrected chi connectivity index (χ1v) is 9.05. The summed E-state index contributed by atoms with van der Waals surface area (Å²) in [6.07, 6.45) is 6.89. The molecule has 5 heteroatoms. The van der Waals surface area contributed by atoms with Gasteiger partial charge in [-0.05, 0) is 72.6 Å². The Labute approximate surface area is 150 Å². The summed E-state index contributed by atoms with van der Waals surface area (Å²) in [5.74, 6) is -3.33. The molecule has 0 aliphatic heterocycles. The summed E-state index contributed by atoms with van der Waals surface area (Å²) >= 11 is 0. The monoisotopic (exact) mass is 350 g/mol. The molecular weight excluding hydrogens is 320 g/mol. The van der Waals surface area contributed by atoms with Gasteiger partial charge in [0.2, 0.25) is 5.92 Å². The maximum atomic E-state index is 13.1. The molecule has 3 rings (SSSR count).